The molecule has 9 heteroatoms. The molecule has 110 valence electrons. The van der Waals surface area contributed by atoms with Crippen LogP contribution in [0.2, 0.25) is 0 Å². The maximum absolute atomic E-state index is 13.6. The molecule has 0 aliphatic rings. The van der Waals surface area contributed by atoms with Gasteiger partial charge in [-0.25, -0.2) is 26.3 Å². The van der Waals surface area contributed by atoms with Crippen molar-refractivity contribution < 1.29 is 31.3 Å². The number of benzene rings is 2. The molecule has 0 saturated heterocycles. The Labute approximate surface area is 112 Å². The molecule has 2 aromatic rings. The molecule has 3 nitrogen and oxygen atoms in total. The molecule has 0 radical (unpaired) electrons. The SMILES string of the molecule is O=[N+]([O-])c1ccc(-c2c(F)c(F)c(F)c(F)c2F)c(F)c1. The lowest BCUT2D eigenvalue weighted by Crippen LogP contribution is -2.05. The maximum Gasteiger partial charge on any atom is 0.272 e. The lowest BCUT2D eigenvalue weighted by atomic mass is 10.0. The van der Waals surface area contributed by atoms with Crippen LogP contribution >= 0.6 is 0 Å². The molecule has 0 bridgehead atoms. The zero-order valence-electron chi connectivity index (χ0n) is 9.76. The van der Waals surface area contributed by atoms with Gasteiger partial charge in [-0.1, -0.05) is 0 Å². The minimum absolute atomic E-state index is 0.313. The number of hydrogen-bond donors (Lipinski definition) is 0. The fourth-order valence-electron chi connectivity index (χ4n) is 1.66. The molecule has 0 N–H and O–H groups in total. The third kappa shape index (κ3) is 2.30. The van der Waals surface area contributed by atoms with Crippen molar-refractivity contribution in [3.8, 4) is 11.1 Å². The van der Waals surface area contributed by atoms with E-state index in [1.807, 2.05) is 0 Å². The monoisotopic (exact) mass is 307 g/mol. The second kappa shape index (κ2) is 5.08. The summed E-state index contributed by atoms with van der Waals surface area (Å²) in [5, 5.41) is 10.4. The van der Waals surface area contributed by atoms with Crippen LogP contribution in [0.1, 0.15) is 0 Å². The topological polar surface area (TPSA) is 43.1 Å². The van der Waals surface area contributed by atoms with Gasteiger partial charge in [0.2, 0.25) is 5.82 Å². The van der Waals surface area contributed by atoms with Gasteiger partial charge in [-0.05, 0) is 6.07 Å². The average molecular weight is 307 g/mol. The van der Waals surface area contributed by atoms with E-state index in [9.17, 15) is 36.5 Å². The van der Waals surface area contributed by atoms with Crippen LogP contribution in [0, 0.1) is 45.0 Å². The summed E-state index contributed by atoms with van der Waals surface area (Å²) in [6, 6.07) is 1.55. The molecule has 0 aliphatic heterocycles. The summed E-state index contributed by atoms with van der Waals surface area (Å²) in [7, 11) is 0. The van der Waals surface area contributed by atoms with E-state index in [1.54, 1.807) is 0 Å². The van der Waals surface area contributed by atoms with E-state index in [1.165, 1.54) is 0 Å². The average Bonchev–Trinajstić information content (AvgIpc) is 2.44. The minimum Gasteiger partial charge on any atom is -0.258 e. The van der Waals surface area contributed by atoms with E-state index in [-0.39, 0.29) is 0 Å². The van der Waals surface area contributed by atoms with Crippen LogP contribution in [0.3, 0.4) is 0 Å². The van der Waals surface area contributed by atoms with Crippen LogP contribution in [-0.2, 0) is 0 Å². The summed E-state index contributed by atoms with van der Waals surface area (Å²) >= 11 is 0. The summed E-state index contributed by atoms with van der Waals surface area (Å²) in [6.07, 6.45) is 0. The van der Waals surface area contributed by atoms with Crippen molar-refractivity contribution in [1.29, 1.82) is 0 Å². The van der Waals surface area contributed by atoms with Crippen LogP contribution in [0.4, 0.5) is 32.0 Å². The second-order valence-electron chi connectivity index (χ2n) is 3.87. The molecule has 0 heterocycles. The van der Waals surface area contributed by atoms with Crippen molar-refractivity contribution >= 4 is 5.69 Å². The van der Waals surface area contributed by atoms with Gasteiger partial charge in [0.15, 0.2) is 23.3 Å². The van der Waals surface area contributed by atoms with E-state index in [2.05, 4.69) is 0 Å². The van der Waals surface area contributed by atoms with Crippen LogP contribution < -0.4 is 0 Å². The van der Waals surface area contributed by atoms with Gasteiger partial charge in [-0.3, -0.25) is 10.1 Å². The highest BCUT2D eigenvalue weighted by Crippen LogP contribution is 2.34. The van der Waals surface area contributed by atoms with Gasteiger partial charge in [0.25, 0.3) is 5.69 Å². The molecule has 0 spiro atoms. The molecular weight excluding hydrogens is 304 g/mol. The Morgan fingerprint density at radius 2 is 1.29 bits per heavy atom. The van der Waals surface area contributed by atoms with E-state index in [4.69, 9.17) is 0 Å². The van der Waals surface area contributed by atoms with Gasteiger partial charge in [-0.15, -0.1) is 0 Å². The van der Waals surface area contributed by atoms with Crippen LogP contribution in [0.15, 0.2) is 18.2 Å². The minimum atomic E-state index is -2.38. The fraction of sp³-hybridized carbons (Fsp3) is 0. The molecular formula is C12H3F6NO2. The van der Waals surface area contributed by atoms with Crippen molar-refractivity contribution in [3.05, 3.63) is 63.2 Å². The summed E-state index contributed by atoms with van der Waals surface area (Å²) in [5.74, 6) is -12.8. The number of hydrogen-bond acceptors (Lipinski definition) is 2. The van der Waals surface area contributed by atoms with Crippen LogP contribution in [0.5, 0.6) is 0 Å². The second-order valence-corrected chi connectivity index (χ2v) is 3.87. The zero-order chi connectivity index (χ0) is 15.9. The summed E-state index contributed by atoms with van der Waals surface area (Å²) in [5.41, 5.74) is -3.20. The first-order valence-corrected chi connectivity index (χ1v) is 5.21. The Morgan fingerprint density at radius 1 is 0.810 bits per heavy atom. The normalized spacial score (nSPS) is 10.8. The van der Waals surface area contributed by atoms with Crippen LogP contribution in [-0.4, -0.2) is 4.92 Å². The molecule has 0 amide bonds. The summed E-state index contributed by atoms with van der Waals surface area (Å²) < 4.78 is 79.6. The van der Waals surface area contributed by atoms with E-state index in [0.717, 1.165) is 0 Å². The van der Waals surface area contributed by atoms with E-state index >= 15 is 0 Å². The largest absolute Gasteiger partial charge is 0.272 e. The Balaban J connectivity index is 2.77. The number of non-ortho nitro benzene ring substituents is 1. The Kier molecular flexibility index (Phi) is 3.58. The molecule has 0 atom stereocenters. The molecule has 2 aromatic carbocycles. The first kappa shape index (κ1) is 14.8. The lowest BCUT2D eigenvalue weighted by Gasteiger charge is -2.09. The first-order valence-electron chi connectivity index (χ1n) is 5.21. The molecule has 2 rings (SSSR count). The highest BCUT2D eigenvalue weighted by atomic mass is 19.2. The smallest absolute Gasteiger partial charge is 0.258 e. The molecule has 21 heavy (non-hydrogen) atoms. The highest BCUT2D eigenvalue weighted by molar-refractivity contribution is 5.67. The summed E-state index contributed by atoms with van der Waals surface area (Å²) in [6.45, 7) is 0. The number of rotatable bonds is 2. The van der Waals surface area contributed by atoms with Gasteiger partial charge < -0.3 is 0 Å². The molecule has 0 unspecified atom stereocenters. The van der Waals surface area contributed by atoms with Gasteiger partial charge >= 0.3 is 0 Å². The molecule has 0 fully saturated rings. The number of halogens is 6. The fourth-order valence-corrected chi connectivity index (χ4v) is 1.66. The first-order chi connectivity index (χ1) is 9.75. The zero-order valence-corrected chi connectivity index (χ0v) is 9.76. The predicted octanol–water partition coefficient (Wildman–Crippen LogP) is 4.10. The third-order valence-corrected chi connectivity index (χ3v) is 2.64. The van der Waals surface area contributed by atoms with Crippen molar-refractivity contribution in [2.24, 2.45) is 0 Å². The number of nitrogens with zero attached hydrogens (tertiary/aromatic N) is 1. The molecule has 0 aliphatic carbocycles. The standard InChI is InChI=1S/C12H3F6NO2/c13-6-3-4(19(20)21)1-2-5(6)7-8(14)10(16)12(18)11(17)9(7)15/h1-3H. The van der Waals surface area contributed by atoms with Crippen molar-refractivity contribution in [3.63, 3.8) is 0 Å². The Bertz CT molecular complexity index is 733. The number of nitro benzene ring substituents is 1. The van der Waals surface area contributed by atoms with Crippen LogP contribution in [0.25, 0.3) is 11.1 Å². The Morgan fingerprint density at radius 3 is 1.71 bits per heavy atom. The lowest BCUT2D eigenvalue weighted by molar-refractivity contribution is -0.385. The maximum atomic E-state index is 13.6. The number of nitro groups is 1. The van der Waals surface area contributed by atoms with E-state index < -0.39 is 56.6 Å². The van der Waals surface area contributed by atoms with Crippen molar-refractivity contribution in [2.75, 3.05) is 0 Å². The predicted molar refractivity (Wildman–Crippen MR) is 58.3 cm³/mol. The third-order valence-electron chi connectivity index (χ3n) is 2.64. The van der Waals surface area contributed by atoms with Gasteiger partial charge in [-0.2, -0.15) is 0 Å². The Hall–Kier alpha value is -2.58. The van der Waals surface area contributed by atoms with Crippen molar-refractivity contribution in [2.45, 2.75) is 0 Å². The summed E-state index contributed by atoms with van der Waals surface area (Å²) in [4.78, 5) is 9.43. The molecule has 0 aromatic heterocycles. The van der Waals surface area contributed by atoms with Gasteiger partial charge in [0.05, 0.1) is 16.6 Å². The quantitative estimate of drug-likeness (QED) is 0.276. The van der Waals surface area contributed by atoms with E-state index in [0.29, 0.717) is 18.2 Å². The van der Waals surface area contributed by atoms with Gasteiger partial charge in [0.1, 0.15) is 5.82 Å². The van der Waals surface area contributed by atoms with Gasteiger partial charge in [0, 0.05) is 11.6 Å². The molecule has 0 saturated carbocycles. The van der Waals surface area contributed by atoms with Crippen molar-refractivity contribution in [1.82, 2.24) is 0 Å². The highest BCUT2D eigenvalue weighted by Gasteiger charge is 2.28.